The van der Waals surface area contributed by atoms with Crippen molar-refractivity contribution in [2.24, 2.45) is 5.92 Å². The van der Waals surface area contributed by atoms with E-state index >= 15 is 0 Å². The maximum Gasteiger partial charge on any atom is 0.252 e. The molecule has 0 fully saturated rings. The monoisotopic (exact) mass is 372 g/mol. The van der Waals surface area contributed by atoms with Gasteiger partial charge in [-0.05, 0) is 41.7 Å². The van der Waals surface area contributed by atoms with Crippen molar-refractivity contribution in [1.82, 2.24) is 10.2 Å². The van der Waals surface area contributed by atoms with Gasteiger partial charge >= 0.3 is 0 Å². The third-order valence-corrected chi connectivity index (χ3v) is 4.84. The zero-order chi connectivity index (χ0) is 19.6. The van der Waals surface area contributed by atoms with Crippen molar-refractivity contribution >= 4 is 11.8 Å². The molecule has 0 aromatic heterocycles. The molecule has 142 valence electrons. The second kappa shape index (κ2) is 7.86. The first-order chi connectivity index (χ1) is 12.9. The van der Waals surface area contributed by atoms with E-state index in [1.54, 1.807) is 4.90 Å². The fourth-order valence-electron chi connectivity index (χ4n) is 3.26. The van der Waals surface area contributed by atoms with E-state index in [-0.39, 0.29) is 17.4 Å². The minimum atomic E-state index is -1.09. The van der Waals surface area contributed by atoms with Crippen LogP contribution in [0.5, 0.6) is 0 Å². The molecule has 0 saturated carbocycles. The lowest BCUT2D eigenvalue weighted by Crippen LogP contribution is -2.52. The highest BCUT2D eigenvalue weighted by atomic mass is 19.2. The molecule has 3 rings (SSSR count). The first kappa shape index (κ1) is 19.0. The number of carbonyl (C=O) groups is 2. The van der Waals surface area contributed by atoms with Crippen LogP contribution in [0.2, 0.25) is 0 Å². The molecule has 0 aliphatic carbocycles. The lowest BCUT2D eigenvalue weighted by atomic mass is 9.97. The Bertz CT molecular complexity index is 867. The predicted molar refractivity (Wildman–Crippen MR) is 98.0 cm³/mol. The van der Waals surface area contributed by atoms with Gasteiger partial charge in [0.15, 0.2) is 11.6 Å². The Hall–Kier alpha value is -2.76. The molecule has 0 spiro atoms. The van der Waals surface area contributed by atoms with Crippen molar-refractivity contribution in [3.63, 3.8) is 0 Å². The minimum Gasteiger partial charge on any atom is -0.340 e. The number of fused-ring (bicyclic) bond motifs is 1. The van der Waals surface area contributed by atoms with Crippen LogP contribution in [0.3, 0.4) is 0 Å². The summed E-state index contributed by atoms with van der Waals surface area (Å²) in [5.41, 5.74) is 2.32. The fourth-order valence-corrected chi connectivity index (χ4v) is 3.26. The van der Waals surface area contributed by atoms with Gasteiger partial charge in [-0.2, -0.15) is 0 Å². The summed E-state index contributed by atoms with van der Waals surface area (Å²) in [4.78, 5) is 27.2. The standard InChI is InChI=1S/C21H22F2N2O2/c1-13(2)19(24-20(26)15-7-8-17(22)18(23)11-15)21(27)25-10-9-14-5-3-4-6-16(14)12-25/h3-8,11,13,19H,9-10,12H2,1-2H3,(H,24,26)/t19-/m1/s1. The van der Waals surface area contributed by atoms with E-state index in [0.29, 0.717) is 13.1 Å². The van der Waals surface area contributed by atoms with Gasteiger partial charge in [-0.25, -0.2) is 8.78 Å². The summed E-state index contributed by atoms with van der Waals surface area (Å²) in [6.07, 6.45) is 0.768. The Morgan fingerprint density at radius 2 is 1.74 bits per heavy atom. The number of carbonyl (C=O) groups excluding carboxylic acids is 2. The van der Waals surface area contributed by atoms with Crippen LogP contribution in [-0.4, -0.2) is 29.3 Å². The number of rotatable bonds is 4. The maximum atomic E-state index is 13.4. The van der Waals surface area contributed by atoms with Crippen LogP contribution in [0.1, 0.15) is 35.3 Å². The summed E-state index contributed by atoms with van der Waals surface area (Å²) in [7, 11) is 0. The Labute approximate surface area is 157 Å². The SMILES string of the molecule is CC(C)[C@@H](NC(=O)c1ccc(F)c(F)c1)C(=O)N1CCc2ccccc2C1. The van der Waals surface area contributed by atoms with Gasteiger partial charge in [0.05, 0.1) is 0 Å². The van der Waals surface area contributed by atoms with Crippen LogP contribution in [-0.2, 0) is 17.8 Å². The summed E-state index contributed by atoms with van der Waals surface area (Å²) in [5, 5.41) is 2.68. The molecule has 4 nitrogen and oxygen atoms in total. The van der Waals surface area contributed by atoms with Crippen LogP contribution in [0, 0.1) is 17.6 Å². The minimum absolute atomic E-state index is 0.0173. The lowest BCUT2D eigenvalue weighted by molar-refractivity contribution is -0.135. The topological polar surface area (TPSA) is 49.4 Å². The molecule has 0 bridgehead atoms. The van der Waals surface area contributed by atoms with E-state index in [2.05, 4.69) is 11.4 Å². The molecule has 0 radical (unpaired) electrons. The van der Waals surface area contributed by atoms with Crippen molar-refractivity contribution in [1.29, 1.82) is 0 Å². The molecular weight excluding hydrogens is 350 g/mol. The predicted octanol–water partition coefficient (Wildman–Crippen LogP) is 3.30. The van der Waals surface area contributed by atoms with Crippen molar-refractivity contribution in [2.45, 2.75) is 32.9 Å². The molecule has 1 heterocycles. The summed E-state index contributed by atoms with van der Waals surface area (Å²) in [5.74, 6) is -3.03. The lowest BCUT2D eigenvalue weighted by Gasteiger charge is -2.33. The number of hydrogen-bond donors (Lipinski definition) is 1. The first-order valence-corrected chi connectivity index (χ1v) is 8.98. The van der Waals surface area contributed by atoms with Crippen LogP contribution in [0.25, 0.3) is 0 Å². The van der Waals surface area contributed by atoms with Gasteiger partial charge in [0.25, 0.3) is 5.91 Å². The molecule has 0 unspecified atom stereocenters. The summed E-state index contributed by atoms with van der Waals surface area (Å²) in [6, 6.07) is 10.2. The first-order valence-electron chi connectivity index (χ1n) is 8.98. The molecule has 27 heavy (non-hydrogen) atoms. The molecule has 2 aromatic carbocycles. The fraction of sp³-hybridized carbons (Fsp3) is 0.333. The Morgan fingerprint density at radius 1 is 1.04 bits per heavy atom. The van der Waals surface area contributed by atoms with E-state index < -0.39 is 23.6 Å². The van der Waals surface area contributed by atoms with Gasteiger partial charge in [-0.3, -0.25) is 9.59 Å². The zero-order valence-electron chi connectivity index (χ0n) is 15.3. The molecule has 1 atom stereocenters. The van der Waals surface area contributed by atoms with Crippen molar-refractivity contribution < 1.29 is 18.4 Å². The highest BCUT2D eigenvalue weighted by molar-refractivity contribution is 5.97. The van der Waals surface area contributed by atoms with E-state index in [1.165, 1.54) is 11.6 Å². The summed E-state index contributed by atoms with van der Waals surface area (Å²) >= 11 is 0. The number of benzene rings is 2. The van der Waals surface area contributed by atoms with Crippen molar-refractivity contribution in [3.8, 4) is 0 Å². The Kier molecular flexibility index (Phi) is 5.54. The normalized spacial score (nSPS) is 14.6. The van der Waals surface area contributed by atoms with Crippen LogP contribution in [0.4, 0.5) is 8.78 Å². The Balaban J connectivity index is 1.74. The van der Waals surface area contributed by atoms with Gasteiger partial charge in [-0.15, -0.1) is 0 Å². The highest BCUT2D eigenvalue weighted by Crippen LogP contribution is 2.20. The largest absolute Gasteiger partial charge is 0.340 e. The molecule has 1 N–H and O–H groups in total. The van der Waals surface area contributed by atoms with Crippen molar-refractivity contribution in [3.05, 3.63) is 70.8 Å². The molecule has 1 aliphatic heterocycles. The number of amides is 2. The molecule has 1 aliphatic rings. The number of hydrogen-bond acceptors (Lipinski definition) is 2. The van der Waals surface area contributed by atoms with Crippen molar-refractivity contribution in [2.75, 3.05) is 6.54 Å². The second-order valence-electron chi connectivity index (χ2n) is 7.10. The molecule has 6 heteroatoms. The zero-order valence-corrected chi connectivity index (χ0v) is 15.3. The average Bonchev–Trinajstić information content (AvgIpc) is 2.66. The summed E-state index contributed by atoms with van der Waals surface area (Å²) in [6.45, 7) is 4.76. The third-order valence-electron chi connectivity index (χ3n) is 4.84. The molecular formula is C21H22F2N2O2. The average molecular weight is 372 g/mol. The van der Waals surface area contributed by atoms with E-state index in [0.717, 1.165) is 24.1 Å². The van der Waals surface area contributed by atoms with Gasteiger partial charge in [-0.1, -0.05) is 38.1 Å². The van der Waals surface area contributed by atoms with Gasteiger partial charge in [0.1, 0.15) is 6.04 Å². The van der Waals surface area contributed by atoms with Crippen LogP contribution >= 0.6 is 0 Å². The second-order valence-corrected chi connectivity index (χ2v) is 7.10. The molecule has 2 aromatic rings. The van der Waals surface area contributed by atoms with Crippen LogP contribution in [0.15, 0.2) is 42.5 Å². The third kappa shape index (κ3) is 4.15. The van der Waals surface area contributed by atoms with Gasteiger partial charge in [0, 0.05) is 18.7 Å². The number of halogens is 2. The van der Waals surface area contributed by atoms with Gasteiger partial charge in [0.2, 0.25) is 5.91 Å². The number of nitrogens with zero attached hydrogens (tertiary/aromatic N) is 1. The smallest absolute Gasteiger partial charge is 0.252 e. The molecule has 2 amide bonds. The number of nitrogens with one attached hydrogen (secondary N) is 1. The maximum absolute atomic E-state index is 13.4. The quantitative estimate of drug-likeness (QED) is 0.895. The van der Waals surface area contributed by atoms with E-state index in [4.69, 9.17) is 0 Å². The Morgan fingerprint density at radius 3 is 2.41 bits per heavy atom. The molecule has 0 saturated heterocycles. The highest BCUT2D eigenvalue weighted by Gasteiger charge is 2.30. The van der Waals surface area contributed by atoms with E-state index in [1.807, 2.05) is 32.0 Å². The van der Waals surface area contributed by atoms with Gasteiger partial charge < -0.3 is 10.2 Å². The van der Waals surface area contributed by atoms with Crippen LogP contribution < -0.4 is 5.32 Å². The summed E-state index contributed by atoms with van der Waals surface area (Å²) < 4.78 is 26.5. The van der Waals surface area contributed by atoms with E-state index in [9.17, 15) is 18.4 Å².